The predicted octanol–water partition coefficient (Wildman–Crippen LogP) is 4.23. The second kappa shape index (κ2) is 8.46. The van der Waals surface area contributed by atoms with Crippen LogP contribution in [0.15, 0.2) is 54.6 Å². The molecular formula is C18H20F3N3O2. The Balaban J connectivity index is 1.81. The van der Waals surface area contributed by atoms with E-state index in [0.29, 0.717) is 12.2 Å². The van der Waals surface area contributed by atoms with Gasteiger partial charge in [0.1, 0.15) is 5.75 Å². The number of nitrogens with one attached hydrogen (secondary N) is 2. The Hall–Kier alpha value is -2.90. The zero-order valence-electron chi connectivity index (χ0n) is 14.4. The first kappa shape index (κ1) is 19.4. The number of carbonyl (C=O) groups excluding carboxylic acids is 1. The third-order valence-electron chi connectivity index (χ3n) is 3.73. The van der Waals surface area contributed by atoms with E-state index in [1.54, 1.807) is 0 Å². The number of hydrogen-bond donors (Lipinski definition) is 2. The van der Waals surface area contributed by atoms with E-state index in [9.17, 15) is 18.0 Å². The lowest BCUT2D eigenvalue weighted by Gasteiger charge is -2.27. The van der Waals surface area contributed by atoms with Crippen molar-refractivity contribution in [3.8, 4) is 5.75 Å². The molecule has 2 rings (SSSR count). The topological polar surface area (TPSA) is 53.6 Å². The predicted molar refractivity (Wildman–Crippen MR) is 94.5 cm³/mol. The molecule has 0 aliphatic carbocycles. The number of alkyl halides is 3. The number of halogens is 3. The SMILES string of the molecule is CC(CNC(=O)Nc1ccc(OC(F)(F)F)cc1)N(C)c1ccccc1. The molecule has 0 saturated heterocycles. The lowest BCUT2D eigenvalue weighted by Crippen LogP contribution is -2.41. The Morgan fingerprint density at radius 1 is 1.12 bits per heavy atom. The zero-order valence-corrected chi connectivity index (χ0v) is 14.4. The molecular weight excluding hydrogens is 347 g/mol. The Morgan fingerprint density at radius 3 is 2.31 bits per heavy atom. The Labute approximate surface area is 149 Å². The van der Waals surface area contributed by atoms with Crippen molar-refractivity contribution in [2.75, 3.05) is 23.8 Å². The summed E-state index contributed by atoms with van der Waals surface area (Å²) in [5.41, 5.74) is 1.39. The maximum Gasteiger partial charge on any atom is 0.573 e. The summed E-state index contributed by atoms with van der Waals surface area (Å²) >= 11 is 0. The summed E-state index contributed by atoms with van der Waals surface area (Å²) in [6, 6.07) is 14.3. The smallest absolute Gasteiger partial charge is 0.406 e. The molecule has 8 heteroatoms. The number of ether oxygens (including phenoxy) is 1. The van der Waals surface area contributed by atoms with E-state index in [0.717, 1.165) is 17.8 Å². The lowest BCUT2D eigenvalue weighted by atomic mass is 10.2. The van der Waals surface area contributed by atoms with Gasteiger partial charge in [0.15, 0.2) is 0 Å². The van der Waals surface area contributed by atoms with Gasteiger partial charge in [-0.05, 0) is 43.3 Å². The van der Waals surface area contributed by atoms with E-state index in [2.05, 4.69) is 15.4 Å². The van der Waals surface area contributed by atoms with Gasteiger partial charge in [-0.2, -0.15) is 0 Å². The number of urea groups is 1. The molecule has 2 aromatic carbocycles. The number of anilines is 2. The molecule has 0 fully saturated rings. The van der Waals surface area contributed by atoms with Gasteiger partial charge in [-0.3, -0.25) is 0 Å². The standard InChI is InChI=1S/C18H20F3N3O2/c1-13(24(2)15-6-4-3-5-7-15)12-22-17(25)23-14-8-10-16(11-9-14)26-18(19,20)21/h3-11,13H,12H2,1-2H3,(H2,22,23,25). The molecule has 2 amide bonds. The first-order valence-electron chi connectivity index (χ1n) is 7.93. The number of amides is 2. The van der Waals surface area contributed by atoms with Crippen molar-refractivity contribution in [3.05, 3.63) is 54.6 Å². The van der Waals surface area contributed by atoms with Crippen LogP contribution in [0.3, 0.4) is 0 Å². The molecule has 0 bridgehead atoms. The average Bonchev–Trinajstić information content (AvgIpc) is 2.60. The summed E-state index contributed by atoms with van der Waals surface area (Å²) in [5, 5.41) is 5.29. The van der Waals surface area contributed by atoms with Gasteiger partial charge in [0.25, 0.3) is 0 Å². The quantitative estimate of drug-likeness (QED) is 0.803. The lowest BCUT2D eigenvalue weighted by molar-refractivity contribution is -0.274. The highest BCUT2D eigenvalue weighted by Gasteiger charge is 2.30. The molecule has 5 nitrogen and oxygen atoms in total. The minimum absolute atomic E-state index is 0.0470. The van der Waals surface area contributed by atoms with E-state index in [-0.39, 0.29) is 11.8 Å². The average molecular weight is 367 g/mol. The fourth-order valence-electron chi connectivity index (χ4n) is 2.21. The number of rotatable bonds is 6. The molecule has 0 spiro atoms. The van der Waals surface area contributed by atoms with Crippen LogP contribution >= 0.6 is 0 Å². The minimum atomic E-state index is -4.74. The molecule has 2 aromatic rings. The molecule has 1 atom stereocenters. The molecule has 1 unspecified atom stereocenters. The van der Waals surface area contributed by atoms with E-state index in [1.807, 2.05) is 49.2 Å². The number of carbonyl (C=O) groups is 1. The third-order valence-corrected chi connectivity index (χ3v) is 3.73. The van der Waals surface area contributed by atoms with Crippen LogP contribution in [0, 0.1) is 0 Å². The maximum atomic E-state index is 12.1. The van der Waals surface area contributed by atoms with Gasteiger partial charge >= 0.3 is 12.4 Å². The van der Waals surface area contributed by atoms with Crippen molar-refractivity contribution in [3.63, 3.8) is 0 Å². The second-order valence-electron chi connectivity index (χ2n) is 5.70. The minimum Gasteiger partial charge on any atom is -0.406 e. The van der Waals surface area contributed by atoms with E-state index in [1.165, 1.54) is 12.1 Å². The molecule has 2 N–H and O–H groups in total. The van der Waals surface area contributed by atoms with Gasteiger partial charge in [-0.15, -0.1) is 13.2 Å². The maximum absolute atomic E-state index is 12.1. The first-order chi connectivity index (χ1) is 12.2. The fourth-order valence-corrected chi connectivity index (χ4v) is 2.21. The number of nitrogens with zero attached hydrogens (tertiary/aromatic N) is 1. The molecule has 0 radical (unpaired) electrons. The molecule has 0 aliphatic heterocycles. The number of benzene rings is 2. The summed E-state index contributed by atoms with van der Waals surface area (Å²) in [4.78, 5) is 14.0. The number of hydrogen-bond acceptors (Lipinski definition) is 3. The Kier molecular flexibility index (Phi) is 6.32. The van der Waals surface area contributed by atoms with Gasteiger partial charge < -0.3 is 20.3 Å². The van der Waals surface area contributed by atoms with Gasteiger partial charge in [0.2, 0.25) is 0 Å². The summed E-state index contributed by atoms with van der Waals surface area (Å²) in [7, 11) is 1.93. The summed E-state index contributed by atoms with van der Waals surface area (Å²) in [6.45, 7) is 2.36. The summed E-state index contributed by atoms with van der Waals surface area (Å²) < 4.78 is 40.1. The van der Waals surface area contributed by atoms with Crippen LogP contribution in [0.5, 0.6) is 5.75 Å². The van der Waals surface area contributed by atoms with Gasteiger partial charge in [0, 0.05) is 31.0 Å². The third kappa shape index (κ3) is 6.19. The van der Waals surface area contributed by atoms with Crippen LogP contribution in [0.1, 0.15) is 6.92 Å². The van der Waals surface area contributed by atoms with Crippen molar-refractivity contribution in [2.45, 2.75) is 19.3 Å². The van der Waals surface area contributed by atoms with Crippen LogP contribution in [-0.4, -0.2) is 32.0 Å². The molecule has 0 aliphatic rings. The van der Waals surface area contributed by atoms with Crippen LogP contribution in [0.4, 0.5) is 29.3 Å². The van der Waals surface area contributed by atoms with Crippen molar-refractivity contribution >= 4 is 17.4 Å². The van der Waals surface area contributed by atoms with Crippen molar-refractivity contribution in [1.29, 1.82) is 0 Å². The fraction of sp³-hybridized carbons (Fsp3) is 0.278. The van der Waals surface area contributed by atoms with E-state index < -0.39 is 12.4 Å². The Bertz CT molecular complexity index is 706. The largest absolute Gasteiger partial charge is 0.573 e. The highest BCUT2D eigenvalue weighted by Crippen LogP contribution is 2.23. The van der Waals surface area contributed by atoms with Gasteiger partial charge in [-0.25, -0.2) is 4.79 Å². The normalized spacial score (nSPS) is 12.2. The number of likely N-dealkylation sites (N-methyl/N-ethyl adjacent to an activating group) is 1. The zero-order chi connectivity index (χ0) is 19.2. The molecule has 0 aromatic heterocycles. The van der Waals surface area contributed by atoms with Gasteiger partial charge in [-0.1, -0.05) is 18.2 Å². The van der Waals surface area contributed by atoms with Gasteiger partial charge in [0.05, 0.1) is 0 Å². The molecule has 0 saturated carbocycles. The Morgan fingerprint density at radius 2 is 1.73 bits per heavy atom. The highest BCUT2D eigenvalue weighted by molar-refractivity contribution is 5.89. The monoisotopic (exact) mass is 367 g/mol. The van der Waals surface area contributed by atoms with Crippen LogP contribution in [0.2, 0.25) is 0 Å². The molecule has 26 heavy (non-hydrogen) atoms. The molecule has 0 heterocycles. The van der Waals surface area contributed by atoms with E-state index in [4.69, 9.17) is 0 Å². The van der Waals surface area contributed by atoms with Crippen LogP contribution in [0.25, 0.3) is 0 Å². The number of para-hydroxylation sites is 1. The van der Waals surface area contributed by atoms with Crippen molar-refractivity contribution in [2.24, 2.45) is 0 Å². The van der Waals surface area contributed by atoms with Crippen LogP contribution in [-0.2, 0) is 0 Å². The highest BCUT2D eigenvalue weighted by atomic mass is 19.4. The first-order valence-corrected chi connectivity index (χ1v) is 7.93. The van der Waals surface area contributed by atoms with Crippen molar-refractivity contribution < 1.29 is 22.7 Å². The van der Waals surface area contributed by atoms with E-state index >= 15 is 0 Å². The molecule has 140 valence electrons. The van der Waals surface area contributed by atoms with Crippen molar-refractivity contribution in [1.82, 2.24) is 5.32 Å². The summed E-state index contributed by atoms with van der Waals surface area (Å²) in [5.74, 6) is -0.346. The summed E-state index contributed by atoms with van der Waals surface area (Å²) in [6.07, 6.45) is -4.74. The van der Waals surface area contributed by atoms with Crippen LogP contribution < -0.4 is 20.3 Å². The second-order valence-corrected chi connectivity index (χ2v) is 5.70.